The number of halogens is 1. The van der Waals surface area contributed by atoms with Crippen molar-refractivity contribution in [2.75, 3.05) is 0 Å². The molecule has 2 atom stereocenters. The molecule has 0 spiro atoms. The van der Waals surface area contributed by atoms with Crippen molar-refractivity contribution < 1.29 is 14.3 Å². The van der Waals surface area contributed by atoms with Gasteiger partial charge in [0.15, 0.2) is 0 Å². The predicted octanol–water partition coefficient (Wildman–Crippen LogP) is 2.22. The first-order valence-corrected chi connectivity index (χ1v) is 3.94. The third-order valence-corrected chi connectivity index (χ3v) is 2.59. The van der Waals surface area contributed by atoms with Gasteiger partial charge in [-0.25, -0.2) is 4.39 Å². The van der Waals surface area contributed by atoms with Crippen LogP contribution >= 0.6 is 0 Å². The minimum Gasteiger partial charge on any atom is -0.481 e. The molecule has 0 radical (unpaired) electrons. The summed E-state index contributed by atoms with van der Waals surface area (Å²) < 4.78 is 12.4. The van der Waals surface area contributed by atoms with E-state index in [4.69, 9.17) is 5.11 Å². The Morgan fingerprint density at radius 2 is 2.08 bits per heavy atom. The van der Waals surface area contributed by atoms with Crippen molar-refractivity contribution in [2.24, 2.45) is 17.3 Å². The van der Waals surface area contributed by atoms with Gasteiger partial charge in [-0.05, 0) is 24.3 Å². The lowest BCUT2D eigenvalue weighted by Crippen LogP contribution is -2.02. The fraction of sp³-hybridized carbons (Fsp3) is 0.667. The molecule has 1 aliphatic rings. The van der Waals surface area contributed by atoms with Crippen LogP contribution in [-0.2, 0) is 4.79 Å². The van der Waals surface area contributed by atoms with Crippen LogP contribution in [0.2, 0.25) is 0 Å². The van der Waals surface area contributed by atoms with Gasteiger partial charge in [0.05, 0.1) is 11.7 Å². The SMILES string of the molecule is CC(F)=C[C@@H]1[C@H](C(=O)O)C1(C)C. The number of carbonyl (C=O) groups is 1. The Kier molecular flexibility index (Phi) is 1.98. The first-order chi connectivity index (χ1) is 5.37. The summed E-state index contributed by atoms with van der Waals surface area (Å²) in [6.07, 6.45) is 1.40. The Labute approximate surface area is 71.1 Å². The third kappa shape index (κ3) is 1.36. The minimum atomic E-state index is -0.831. The van der Waals surface area contributed by atoms with Gasteiger partial charge in [-0.2, -0.15) is 0 Å². The molecule has 68 valence electrons. The van der Waals surface area contributed by atoms with Gasteiger partial charge in [-0.1, -0.05) is 13.8 Å². The molecule has 3 heteroatoms. The maximum atomic E-state index is 12.4. The average molecular weight is 172 g/mol. The van der Waals surface area contributed by atoms with Gasteiger partial charge in [0.1, 0.15) is 0 Å². The number of hydrogen-bond acceptors (Lipinski definition) is 1. The number of carboxylic acids is 1. The van der Waals surface area contributed by atoms with Gasteiger partial charge in [-0.3, -0.25) is 4.79 Å². The quantitative estimate of drug-likeness (QED) is 0.693. The third-order valence-electron chi connectivity index (χ3n) is 2.59. The second-order valence-corrected chi connectivity index (χ2v) is 3.92. The summed E-state index contributed by atoms with van der Waals surface area (Å²) in [5, 5.41) is 8.72. The van der Waals surface area contributed by atoms with E-state index in [2.05, 4.69) is 0 Å². The number of allylic oxidation sites excluding steroid dienone is 2. The second kappa shape index (κ2) is 2.57. The summed E-state index contributed by atoms with van der Waals surface area (Å²) in [4.78, 5) is 10.6. The average Bonchev–Trinajstić information content (AvgIpc) is 2.32. The van der Waals surface area contributed by atoms with Crippen molar-refractivity contribution in [3.8, 4) is 0 Å². The van der Waals surface area contributed by atoms with E-state index in [9.17, 15) is 9.18 Å². The molecule has 1 N–H and O–H groups in total. The van der Waals surface area contributed by atoms with Crippen LogP contribution < -0.4 is 0 Å². The van der Waals surface area contributed by atoms with E-state index in [1.54, 1.807) is 0 Å². The van der Waals surface area contributed by atoms with Crippen LogP contribution in [0.4, 0.5) is 4.39 Å². The maximum absolute atomic E-state index is 12.4. The van der Waals surface area contributed by atoms with E-state index in [1.165, 1.54) is 13.0 Å². The molecule has 0 amide bonds. The first kappa shape index (κ1) is 9.23. The smallest absolute Gasteiger partial charge is 0.307 e. The summed E-state index contributed by atoms with van der Waals surface area (Å²) >= 11 is 0. The Morgan fingerprint density at radius 1 is 1.58 bits per heavy atom. The monoisotopic (exact) mass is 172 g/mol. The summed E-state index contributed by atoms with van der Waals surface area (Å²) in [5.41, 5.74) is -0.279. The normalized spacial score (nSPS) is 33.2. The summed E-state index contributed by atoms with van der Waals surface area (Å²) in [7, 11) is 0. The number of aliphatic carboxylic acids is 1. The Morgan fingerprint density at radius 3 is 2.33 bits per heavy atom. The predicted molar refractivity (Wildman–Crippen MR) is 43.3 cm³/mol. The van der Waals surface area contributed by atoms with E-state index >= 15 is 0 Å². The Balaban J connectivity index is 2.73. The summed E-state index contributed by atoms with van der Waals surface area (Å²) in [6.45, 7) is 5.03. The van der Waals surface area contributed by atoms with Crippen molar-refractivity contribution >= 4 is 5.97 Å². The topological polar surface area (TPSA) is 37.3 Å². The van der Waals surface area contributed by atoms with Crippen LogP contribution in [-0.4, -0.2) is 11.1 Å². The van der Waals surface area contributed by atoms with Crippen molar-refractivity contribution in [3.63, 3.8) is 0 Å². The van der Waals surface area contributed by atoms with Crippen LogP contribution in [0.15, 0.2) is 11.9 Å². The summed E-state index contributed by atoms with van der Waals surface area (Å²) in [6, 6.07) is 0. The molecule has 1 fully saturated rings. The molecule has 0 bridgehead atoms. The van der Waals surface area contributed by atoms with E-state index < -0.39 is 11.9 Å². The number of hydrogen-bond donors (Lipinski definition) is 1. The van der Waals surface area contributed by atoms with Gasteiger partial charge >= 0.3 is 5.97 Å². The molecular formula is C9H13FO2. The highest BCUT2D eigenvalue weighted by atomic mass is 19.1. The van der Waals surface area contributed by atoms with E-state index in [0.29, 0.717) is 0 Å². The lowest BCUT2D eigenvalue weighted by Gasteiger charge is -1.96. The van der Waals surface area contributed by atoms with Gasteiger partial charge in [0, 0.05) is 0 Å². The molecule has 0 aliphatic heterocycles. The van der Waals surface area contributed by atoms with Crippen LogP contribution in [0.1, 0.15) is 20.8 Å². The molecule has 0 aromatic rings. The Hall–Kier alpha value is -0.860. The standard InChI is InChI=1S/C9H13FO2/c1-5(10)4-6-7(8(11)12)9(6,2)3/h4,6-7H,1-3H3,(H,11,12)/t6-,7-/m1/s1. The molecule has 2 nitrogen and oxygen atoms in total. The zero-order valence-electron chi connectivity index (χ0n) is 7.47. The molecule has 1 saturated carbocycles. The van der Waals surface area contributed by atoms with E-state index in [-0.39, 0.29) is 17.2 Å². The molecular weight excluding hydrogens is 159 g/mol. The molecule has 0 unspecified atom stereocenters. The van der Waals surface area contributed by atoms with Crippen LogP contribution in [0.3, 0.4) is 0 Å². The molecule has 0 heterocycles. The summed E-state index contributed by atoms with van der Waals surface area (Å²) in [5.74, 6) is -1.68. The van der Waals surface area contributed by atoms with E-state index in [0.717, 1.165) is 0 Å². The molecule has 12 heavy (non-hydrogen) atoms. The van der Waals surface area contributed by atoms with Gasteiger partial charge < -0.3 is 5.11 Å². The van der Waals surface area contributed by atoms with Gasteiger partial charge in [-0.15, -0.1) is 0 Å². The molecule has 0 saturated heterocycles. The maximum Gasteiger partial charge on any atom is 0.307 e. The number of rotatable bonds is 2. The molecule has 0 aromatic heterocycles. The highest BCUT2D eigenvalue weighted by Gasteiger charge is 2.60. The van der Waals surface area contributed by atoms with Crippen molar-refractivity contribution in [2.45, 2.75) is 20.8 Å². The van der Waals surface area contributed by atoms with Gasteiger partial charge in [0.25, 0.3) is 0 Å². The zero-order chi connectivity index (χ0) is 9.52. The van der Waals surface area contributed by atoms with Crippen LogP contribution in [0.5, 0.6) is 0 Å². The van der Waals surface area contributed by atoms with Crippen LogP contribution in [0, 0.1) is 17.3 Å². The van der Waals surface area contributed by atoms with Crippen molar-refractivity contribution in [1.82, 2.24) is 0 Å². The highest BCUT2D eigenvalue weighted by Crippen LogP contribution is 2.59. The van der Waals surface area contributed by atoms with E-state index in [1.807, 2.05) is 13.8 Å². The van der Waals surface area contributed by atoms with Crippen LogP contribution in [0.25, 0.3) is 0 Å². The molecule has 0 aromatic carbocycles. The lowest BCUT2D eigenvalue weighted by molar-refractivity contribution is -0.139. The van der Waals surface area contributed by atoms with Crippen molar-refractivity contribution in [3.05, 3.63) is 11.9 Å². The minimum absolute atomic E-state index is 0.139. The largest absolute Gasteiger partial charge is 0.481 e. The molecule has 1 aliphatic carbocycles. The Bertz CT molecular complexity index is 239. The lowest BCUT2D eigenvalue weighted by atomic mass is 10.1. The second-order valence-electron chi connectivity index (χ2n) is 3.92. The highest BCUT2D eigenvalue weighted by molar-refractivity contribution is 5.76. The van der Waals surface area contributed by atoms with Gasteiger partial charge in [0.2, 0.25) is 0 Å². The van der Waals surface area contributed by atoms with Crippen molar-refractivity contribution in [1.29, 1.82) is 0 Å². The fourth-order valence-corrected chi connectivity index (χ4v) is 1.71. The number of carboxylic acid groups (broad SMARTS) is 1. The molecule has 1 rings (SSSR count). The first-order valence-electron chi connectivity index (χ1n) is 3.94. The zero-order valence-corrected chi connectivity index (χ0v) is 7.47. The fourth-order valence-electron chi connectivity index (χ4n) is 1.71.